The van der Waals surface area contributed by atoms with Crippen molar-refractivity contribution in [2.24, 2.45) is 0 Å². The highest BCUT2D eigenvalue weighted by atomic mass is 16.5. The minimum Gasteiger partial charge on any atom is -0.364 e. The Hall–Kier alpha value is -1.79. The molecule has 2 aromatic rings. The highest BCUT2D eigenvalue weighted by molar-refractivity contribution is 5.81. The summed E-state index contributed by atoms with van der Waals surface area (Å²) in [6.07, 6.45) is 1.95. The van der Waals surface area contributed by atoms with Crippen molar-refractivity contribution in [3.8, 4) is 6.07 Å². The number of hydrogen-bond acceptors (Lipinski definition) is 2. The van der Waals surface area contributed by atoms with Gasteiger partial charge >= 0.3 is 0 Å². The van der Waals surface area contributed by atoms with Gasteiger partial charge in [-0.1, -0.05) is 6.07 Å². The Morgan fingerprint density at radius 3 is 3.00 bits per heavy atom. The lowest BCUT2D eigenvalue weighted by Gasteiger charge is -2.02. The first-order chi connectivity index (χ1) is 6.85. The maximum absolute atomic E-state index is 8.76. The Balaban J connectivity index is 2.59. The van der Waals surface area contributed by atoms with Gasteiger partial charge in [-0.05, 0) is 23.6 Å². The van der Waals surface area contributed by atoms with E-state index in [1.165, 1.54) is 0 Å². The predicted molar refractivity (Wildman–Crippen MR) is 53.7 cm³/mol. The maximum atomic E-state index is 8.76. The predicted octanol–water partition coefficient (Wildman–Crippen LogP) is 2.12. The van der Waals surface area contributed by atoms with E-state index in [1.54, 1.807) is 7.11 Å². The molecular formula is C11H10N2O. The van der Waals surface area contributed by atoms with Gasteiger partial charge < -0.3 is 9.30 Å². The molecule has 0 amide bonds. The molecule has 1 heterocycles. The fourth-order valence-corrected chi connectivity index (χ4v) is 1.51. The molecule has 0 atom stereocenters. The normalized spacial score (nSPS) is 10.3. The number of rotatable bonds is 2. The molecule has 1 aromatic heterocycles. The van der Waals surface area contributed by atoms with Crippen LogP contribution in [0.4, 0.5) is 0 Å². The van der Waals surface area contributed by atoms with Crippen LogP contribution in [-0.2, 0) is 11.5 Å². The monoisotopic (exact) mass is 186 g/mol. The zero-order valence-corrected chi connectivity index (χ0v) is 7.90. The molecule has 0 aliphatic rings. The summed E-state index contributed by atoms with van der Waals surface area (Å²) >= 11 is 0. The molecule has 1 aromatic carbocycles. The van der Waals surface area contributed by atoms with E-state index in [9.17, 15) is 0 Å². The molecule has 0 aliphatic heterocycles. The molecule has 3 nitrogen and oxygen atoms in total. The van der Waals surface area contributed by atoms with Crippen LogP contribution >= 0.6 is 0 Å². The van der Waals surface area contributed by atoms with Gasteiger partial charge in [0.05, 0.1) is 17.1 Å². The lowest BCUT2D eigenvalue weighted by molar-refractivity contribution is 0.135. The number of aromatic nitrogens is 1. The van der Waals surface area contributed by atoms with Crippen LogP contribution in [0, 0.1) is 11.3 Å². The molecule has 0 fully saturated rings. The highest BCUT2D eigenvalue weighted by Gasteiger charge is 2.01. The van der Waals surface area contributed by atoms with Gasteiger partial charge in [-0.25, -0.2) is 0 Å². The largest absolute Gasteiger partial charge is 0.364 e. The first kappa shape index (κ1) is 8.79. The van der Waals surface area contributed by atoms with E-state index in [0.29, 0.717) is 12.3 Å². The molecule has 0 radical (unpaired) electrons. The molecule has 0 N–H and O–H groups in total. The number of ether oxygens (including phenoxy) is 1. The van der Waals surface area contributed by atoms with Crippen LogP contribution in [0.3, 0.4) is 0 Å². The Morgan fingerprint density at radius 1 is 1.43 bits per heavy atom. The van der Waals surface area contributed by atoms with E-state index in [0.717, 1.165) is 10.9 Å². The van der Waals surface area contributed by atoms with Gasteiger partial charge in [0.25, 0.3) is 0 Å². The molecule has 14 heavy (non-hydrogen) atoms. The van der Waals surface area contributed by atoms with E-state index in [-0.39, 0.29) is 0 Å². The lowest BCUT2D eigenvalue weighted by atomic mass is 10.2. The fourth-order valence-electron chi connectivity index (χ4n) is 1.51. The van der Waals surface area contributed by atoms with E-state index >= 15 is 0 Å². The van der Waals surface area contributed by atoms with Crippen molar-refractivity contribution in [3.05, 3.63) is 36.0 Å². The fraction of sp³-hybridized carbons (Fsp3) is 0.182. The molecule has 3 heteroatoms. The average Bonchev–Trinajstić information content (AvgIpc) is 2.61. The van der Waals surface area contributed by atoms with Gasteiger partial charge in [-0.2, -0.15) is 5.26 Å². The summed E-state index contributed by atoms with van der Waals surface area (Å²) in [6, 6.07) is 9.77. The lowest BCUT2D eigenvalue weighted by Crippen LogP contribution is -1.97. The molecule has 0 bridgehead atoms. The maximum Gasteiger partial charge on any atom is 0.122 e. The standard InChI is InChI=1S/C11H10N2O/c1-14-8-13-5-4-10-3-2-9(7-12)6-11(10)13/h2-6H,8H2,1H3. The van der Waals surface area contributed by atoms with Crippen LogP contribution in [0.15, 0.2) is 30.5 Å². The second-order valence-electron chi connectivity index (χ2n) is 3.09. The van der Waals surface area contributed by atoms with Crippen LogP contribution < -0.4 is 0 Å². The number of fused-ring (bicyclic) bond motifs is 1. The molecule has 70 valence electrons. The summed E-state index contributed by atoms with van der Waals surface area (Å²) in [4.78, 5) is 0. The third-order valence-corrected chi connectivity index (χ3v) is 2.17. The first-order valence-corrected chi connectivity index (χ1v) is 4.33. The van der Waals surface area contributed by atoms with Gasteiger partial charge in [0.1, 0.15) is 6.73 Å². The van der Waals surface area contributed by atoms with E-state index < -0.39 is 0 Å². The van der Waals surface area contributed by atoms with Crippen molar-refractivity contribution >= 4 is 10.9 Å². The van der Waals surface area contributed by atoms with E-state index in [1.807, 2.05) is 35.0 Å². The SMILES string of the molecule is COCn1ccc2ccc(C#N)cc21. The van der Waals surface area contributed by atoms with E-state index in [2.05, 4.69) is 6.07 Å². The second-order valence-corrected chi connectivity index (χ2v) is 3.09. The molecule has 0 saturated carbocycles. The number of benzene rings is 1. The molecule has 0 aliphatic carbocycles. The molecule has 0 unspecified atom stereocenters. The van der Waals surface area contributed by atoms with Crippen molar-refractivity contribution in [2.75, 3.05) is 7.11 Å². The summed E-state index contributed by atoms with van der Waals surface area (Å²) in [5.74, 6) is 0. The summed E-state index contributed by atoms with van der Waals surface area (Å²) in [7, 11) is 1.65. The topological polar surface area (TPSA) is 38.0 Å². The second kappa shape index (κ2) is 3.52. The smallest absolute Gasteiger partial charge is 0.122 e. The molecule has 0 spiro atoms. The molecule has 2 rings (SSSR count). The van der Waals surface area contributed by atoms with Crippen molar-refractivity contribution in [1.82, 2.24) is 4.57 Å². The highest BCUT2D eigenvalue weighted by Crippen LogP contribution is 2.17. The number of hydrogen-bond donors (Lipinski definition) is 0. The minimum atomic E-state index is 0.512. The summed E-state index contributed by atoms with van der Waals surface area (Å²) in [5, 5.41) is 9.89. The van der Waals surface area contributed by atoms with Crippen LogP contribution in [0.2, 0.25) is 0 Å². The Bertz CT molecular complexity index is 493. The van der Waals surface area contributed by atoms with Gasteiger partial charge in [0.15, 0.2) is 0 Å². The summed E-state index contributed by atoms with van der Waals surface area (Å²) in [5.41, 5.74) is 1.71. The van der Waals surface area contributed by atoms with Gasteiger partial charge in [-0.15, -0.1) is 0 Å². The number of nitriles is 1. The van der Waals surface area contributed by atoms with Crippen LogP contribution in [0.25, 0.3) is 10.9 Å². The zero-order chi connectivity index (χ0) is 9.97. The minimum absolute atomic E-state index is 0.512. The molecular weight excluding hydrogens is 176 g/mol. The third-order valence-electron chi connectivity index (χ3n) is 2.17. The summed E-state index contributed by atoms with van der Waals surface area (Å²) < 4.78 is 7.02. The van der Waals surface area contributed by atoms with Crippen LogP contribution in [-0.4, -0.2) is 11.7 Å². The van der Waals surface area contributed by atoms with Gasteiger partial charge in [0, 0.05) is 13.3 Å². The Labute approximate surface area is 82.1 Å². The van der Waals surface area contributed by atoms with Gasteiger partial charge in [0.2, 0.25) is 0 Å². The van der Waals surface area contributed by atoms with Crippen LogP contribution in [0.1, 0.15) is 5.56 Å². The van der Waals surface area contributed by atoms with Crippen molar-refractivity contribution in [3.63, 3.8) is 0 Å². The van der Waals surface area contributed by atoms with Crippen molar-refractivity contribution < 1.29 is 4.74 Å². The number of methoxy groups -OCH3 is 1. The quantitative estimate of drug-likeness (QED) is 0.720. The van der Waals surface area contributed by atoms with Crippen molar-refractivity contribution in [1.29, 1.82) is 5.26 Å². The van der Waals surface area contributed by atoms with E-state index in [4.69, 9.17) is 10.00 Å². The Kier molecular flexibility index (Phi) is 2.21. The third kappa shape index (κ3) is 1.36. The summed E-state index contributed by atoms with van der Waals surface area (Å²) in [6.45, 7) is 0.512. The Morgan fingerprint density at radius 2 is 2.29 bits per heavy atom. The van der Waals surface area contributed by atoms with Gasteiger partial charge in [-0.3, -0.25) is 0 Å². The first-order valence-electron chi connectivity index (χ1n) is 4.33. The number of nitrogens with zero attached hydrogens (tertiary/aromatic N) is 2. The average molecular weight is 186 g/mol. The zero-order valence-electron chi connectivity index (χ0n) is 7.90. The molecule has 0 saturated heterocycles. The van der Waals surface area contributed by atoms with Crippen molar-refractivity contribution in [2.45, 2.75) is 6.73 Å². The van der Waals surface area contributed by atoms with Crippen LogP contribution in [0.5, 0.6) is 0 Å².